The second-order valence-electron chi connectivity index (χ2n) is 6.17. The first-order chi connectivity index (χ1) is 9.16. The highest BCUT2D eigenvalue weighted by Crippen LogP contribution is 2.52. The van der Waals surface area contributed by atoms with Crippen LogP contribution in [0.3, 0.4) is 0 Å². The fraction of sp³-hybridized carbons (Fsp3) is 0.625. The normalized spacial score (nSPS) is 24.7. The summed E-state index contributed by atoms with van der Waals surface area (Å²) in [6, 6.07) is 7.22. The molecular formula is C16H24N2O. The first-order valence-electron chi connectivity index (χ1n) is 7.22. The molecule has 3 nitrogen and oxygen atoms in total. The van der Waals surface area contributed by atoms with Crippen molar-refractivity contribution >= 4 is 0 Å². The topological polar surface area (TPSA) is 24.5 Å². The van der Waals surface area contributed by atoms with E-state index < -0.39 is 0 Å². The number of rotatable bonds is 2. The summed E-state index contributed by atoms with van der Waals surface area (Å²) < 4.78 is 5.44. The van der Waals surface area contributed by atoms with Crippen molar-refractivity contribution in [3.05, 3.63) is 29.3 Å². The van der Waals surface area contributed by atoms with Crippen LogP contribution in [0, 0.1) is 0 Å². The lowest BCUT2D eigenvalue weighted by molar-refractivity contribution is 0.223. The Labute approximate surface area is 115 Å². The third-order valence-corrected chi connectivity index (χ3v) is 4.96. The number of nitrogens with zero attached hydrogens (tertiary/aromatic N) is 1. The largest absolute Gasteiger partial charge is 0.497 e. The summed E-state index contributed by atoms with van der Waals surface area (Å²) in [6.07, 6.45) is 3.75. The number of ether oxygens (including phenoxy) is 1. The van der Waals surface area contributed by atoms with E-state index in [1.165, 1.54) is 30.4 Å². The number of methoxy groups -OCH3 is 1. The molecule has 1 fully saturated rings. The molecule has 1 atom stereocenters. The molecule has 1 heterocycles. The van der Waals surface area contributed by atoms with E-state index >= 15 is 0 Å². The zero-order valence-corrected chi connectivity index (χ0v) is 12.2. The molecule has 1 aliphatic heterocycles. The smallest absolute Gasteiger partial charge is 0.119 e. The Hall–Kier alpha value is -1.06. The lowest BCUT2D eigenvalue weighted by Gasteiger charge is -2.35. The minimum atomic E-state index is 0.365. The number of benzene rings is 1. The van der Waals surface area contributed by atoms with Gasteiger partial charge < -0.3 is 15.0 Å². The minimum absolute atomic E-state index is 0.365. The molecule has 104 valence electrons. The molecule has 0 amide bonds. The second-order valence-corrected chi connectivity index (χ2v) is 6.17. The number of fused-ring (bicyclic) bond motifs is 2. The van der Waals surface area contributed by atoms with Gasteiger partial charge in [-0.1, -0.05) is 6.07 Å². The number of nitrogens with one attached hydrogen (secondary N) is 1. The molecule has 19 heavy (non-hydrogen) atoms. The lowest BCUT2D eigenvalue weighted by Crippen LogP contribution is -2.39. The van der Waals surface area contributed by atoms with Crippen molar-refractivity contribution in [1.29, 1.82) is 0 Å². The maximum absolute atomic E-state index is 5.44. The van der Waals surface area contributed by atoms with Crippen molar-refractivity contribution in [2.75, 3.05) is 34.3 Å². The maximum atomic E-state index is 5.44. The van der Waals surface area contributed by atoms with E-state index in [4.69, 9.17) is 4.74 Å². The van der Waals surface area contributed by atoms with Crippen molar-refractivity contribution in [3.8, 4) is 5.75 Å². The molecular weight excluding hydrogens is 236 g/mol. The number of piperidine rings is 1. The fourth-order valence-corrected chi connectivity index (χ4v) is 3.84. The van der Waals surface area contributed by atoms with Crippen LogP contribution in [-0.2, 0) is 5.41 Å². The Morgan fingerprint density at radius 1 is 1.26 bits per heavy atom. The molecule has 0 radical (unpaired) electrons. The molecule has 3 rings (SSSR count). The Bertz CT molecular complexity index is 464. The summed E-state index contributed by atoms with van der Waals surface area (Å²) in [5.41, 5.74) is 3.41. The average Bonchev–Trinajstić information content (AvgIpc) is 2.74. The number of hydrogen-bond acceptors (Lipinski definition) is 3. The van der Waals surface area contributed by atoms with E-state index in [-0.39, 0.29) is 0 Å². The van der Waals surface area contributed by atoms with Crippen LogP contribution < -0.4 is 10.1 Å². The standard InChI is InChI=1S/C16H24N2O/c1-18(2)15-11-16(6-8-17-9-7-16)14-10-12(19-3)4-5-13(14)15/h4-5,10,15,17H,6-9,11H2,1-3H3/t15-/m1/s1. The lowest BCUT2D eigenvalue weighted by atomic mass is 9.74. The molecule has 0 aromatic heterocycles. The molecule has 1 spiro atoms. The molecule has 1 saturated heterocycles. The van der Waals surface area contributed by atoms with Gasteiger partial charge in [0.1, 0.15) is 5.75 Å². The van der Waals surface area contributed by atoms with Crippen molar-refractivity contribution in [3.63, 3.8) is 0 Å². The molecule has 1 aromatic rings. The maximum Gasteiger partial charge on any atom is 0.119 e. The van der Waals surface area contributed by atoms with E-state index in [0.717, 1.165) is 18.8 Å². The van der Waals surface area contributed by atoms with E-state index in [1.54, 1.807) is 7.11 Å². The van der Waals surface area contributed by atoms with Crippen LogP contribution in [0.1, 0.15) is 36.4 Å². The van der Waals surface area contributed by atoms with Crippen molar-refractivity contribution in [2.45, 2.75) is 30.7 Å². The zero-order chi connectivity index (χ0) is 13.5. The van der Waals surface area contributed by atoms with Gasteiger partial charge in [-0.3, -0.25) is 0 Å². The highest BCUT2D eigenvalue weighted by atomic mass is 16.5. The first-order valence-corrected chi connectivity index (χ1v) is 7.22. The van der Waals surface area contributed by atoms with Crippen LogP contribution in [0.5, 0.6) is 5.75 Å². The fourth-order valence-electron chi connectivity index (χ4n) is 3.84. The Balaban J connectivity index is 2.06. The van der Waals surface area contributed by atoms with Gasteiger partial charge in [0, 0.05) is 6.04 Å². The van der Waals surface area contributed by atoms with E-state index in [2.05, 4.69) is 42.5 Å². The Morgan fingerprint density at radius 2 is 2.00 bits per heavy atom. The van der Waals surface area contributed by atoms with Gasteiger partial charge in [0.15, 0.2) is 0 Å². The van der Waals surface area contributed by atoms with Gasteiger partial charge >= 0.3 is 0 Å². The summed E-state index contributed by atoms with van der Waals surface area (Å²) in [7, 11) is 6.15. The van der Waals surface area contributed by atoms with Crippen LogP contribution in [-0.4, -0.2) is 39.2 Å². The van der Waals surface area contributed by atoms with Crippen LogP contribution >= 0.6 is 0 Å². The number of hydrogen-bond donors (Lipinski definition) is 1. The predicted molar refractivity (Wildman–Crippen MR) is 77.8 cm³/mol. The first kappa shape index (κ1) is 12.9. The molecule has 0 bridgehead atoms. The monoisotopic (exact) mass is 260 g/mol. The quantitative estimate of drug-likeness (QED) is 0.883. The van der Waals surface area contributed by atoms with Crippen LogP contribution in [0.4, 0.5) is 0 Å². The molecule has 2 aliphatic rings. The summed E-state index contributed by atoms with van der Waals surface area (Å²) in [4.78, 5) is 2.36. The van der Waals surface area contributed by atoms with Gasteiger partial charge in [-0.2, -0.15) is 0 Å². The van der Waals surface area contributed by atoms with E-state index in [0.29, 0.717) is 11.5 Å². The highest BCUT2D eigenvalue weighted by Gasteiger charge is 2.45. The van der Waals surface area contributed by atoms with Crippen LogP contribution in [0.25, 0.3) is 0 Å². The van der Waals surface area contributed by atoms with Crippen molar-refractivity contribution in [2.24, 2.45) is 0 Å². The highest BCUT2D eigenvalue weighted by molar-refractivity contribution is 5.47. The zero-order valence-electron chi connectivity index (χ0n) is 12.2. The van der Waals surface area contributed by atoms with Gasteiger partial charge in [0.05, 0.1) is 7.11 Å². The van der Waals surface area contributed by atoms with Crippen LogP contribution in [0.15, 0.2) is 18.2 Å². The van der Waals surface area contributed by atoms with Crippen molar-refractivity contribution < 1.29 is 4.74 Å². The SMILES string of the molecule is COc1ccc2c(c1)C1(CCNCC1)C[C@H]2N(C)C. The molecule has 1 N–H and O–H groups in total. The van der Waals surface area contributed by atoms with E-state index in [9.17, 15) is 0 Å². The average molecular weight is 260 g/mol. The third kappa shape index (κ3) is 2.05. The third-order valence-electron chi connectivity index (χ3n) is 4.96. The minimum Gasteiger partial charge on any atom is -0.497 e. The Morgan fingerprint density at radius 3 is 2.63 bits per heavy atom. The van der Waals surface area contributed by atoms with Crippen molar-refractivity contribution in [1.82, 2.24) is 10.2 Å². The molecule has 0 unspecified atom stereocenters. The molecule has 3 heteroatoms. The predicted octanol–water partition coefficient (Wildman–Crippen LogP) is 2.32. The van der Waals surface area contributed by atoms with E-state index in [1.807, 2.05) is 0 Å². The summed E-state index contributed by atoms with van der Waals surface area (Å²) in [6.45, 7) is 2.27. The van der Waals surface area contributed by atoms with Gasteiger partial charge in [-0.05, 0) is 75.1 Å². The summed E-state index contributed by atoms with van der Waals surface area (Å²) >= 11 is 0. The van der Waals surface area contributed by atoms with Gasteiger partial charge in [0.2, 0.25) is 0 Å². The molecule has 1 aliphatic carbocycles. The molecule has 0 saturated carbocycles. The van der Waals surface area contributed by atoms with Crippen LogP contribution in [0.2, 0.25) is 0 Å². The second kappa shape index (κ2) is 4.80. The molecule has 1 aromatic carbocycles. The van der Waals surface area contributed by atoms with Gasteiger partial charge in [0.25, 0.3) is 0 Å². The summed E-state index contributed by atoms with van der Waals surface area (Å²) in [5.74, 6) is 0.996. The summed E-state index contributed by atoms with van der Waals surface area (Å²) in [5, 5.41) is 3.49. The van der Waals surface area contributed by atoms with Gasteiger partial charge in [-0.25, -0.2) is 0 Å². The van der Waals surface area contributed by atoms with Gasteiger partial charge in [-0.15, -0.1) is 0 Å². The Kier molecular flexibility index (Phi) is 3.27.